The first-order chi connectivity index (χ1) is 5.77. The predicted molar refractivity (Wildman–Crippen MR) is 46.6 cm³/mol. The van der Waals surface area contributed by atoms with Crippen LogP contribution in [0, 0.1) is 5.82 Å². The molecule has 0 bridgehead atoms. The van der Waals surface area contributed by atoms with Gasteiger partial charge in [-0.15, -0.1) is 0 Å². The van der Waals surface area contributed by atoms with Gasteiger partial charge in [-0.25, -0.2) is 4.39 Å². The lowest BCUT2D eigenvalue weighted by Gasteiger charge is -2.23. The van der Waals surface area contributed by atoms with Gasteiger partial charge >= 0.3 is 0 Å². The summed E-state index contributed by atoms with van der Waals surface area (Å²) >= 11 is 0. The van der Waals surface area contributed by atoms with Crippen LogP contribution in [-0.4, -0.2) is 12.6 Å². The van der Waals surface area contributed by atoms with Crippen molar-refractivity contribution >= 4 is 5.69 Å². The molecule has 64 valence electrons. The van der Waals surface area contributed by atoms with Crippen molar-refractivity contribution in [3.05, 3.63) is 29.6 Å². The topological polar surface area (TPSA) is 38.0 Å². The minimum Gasteiger partial charge on any atom is -0.383 e. The third-order valence-corrected chi connectivity index (χ3v) is 2.14. The normalized spacial score (nSPS) is 21.3. The van der Waals surface area contributed by atoms with Crippen LogP contribution in [0.15, 0.2) is 18.2 Å². The van der Waals surface area contributed by atoms with Gasteiger partial charge in [0.25, 0.3) is 0 Å². The summed E-state index contributed by atoms with van der Waals surface area (Å²) in [5, 5.41) is 3.09. The summed E-state index contributed by atoms with van der Waals surface area (Å²) in [6.45, 7) is 0.733. The number of rotatable bonds is 0. The van der Waals surface area contributed by atoms with Crippen molar-refractivity contribution in [2.24, 2.45) is 5.73 Å². The third-order valence-electron chi connectivity index (χ3n) is 2.14. The van der Waals surface area contributed by atoms with Gasteiger partial charge in [0.2, 0.25) is 0 Å². The summed E-state index contributed by atoms with van der Waals surface area (Å²) < 4.78 is 13.1. The number of fused-ring (bicyclic) bond motifs is 1. The maximum Gasteiger partial charge on any atom is 0.128 e. The standard InChI is InChI=1S/C9H11FN2/c10-8-2-1-3-9-7(8)4-6(11)5-12-9/h1-3,6,12H,4-5,11H2/t6-/m0/s1. The zero-order chi connectivity index (χ0) is 8.55. The molecule has 1 aliphatic heterocycles. The van der Waals surface area contributed by atoms with E-state index in [-0.39, 0.29) is 11.9 Å². The minimum atomic E-state index is -0.157. The van der Waals surface area contributed by atoms with Crippen LogP contribution in [0.25, 0.3) is 0 Å². The van der Waals surface area contributed by atoms with Crippen LogP contribution in [0.5, 0.6) is 0 Å². The molecule has 12 heavy (non-hydrogen) atoms. The molecular formula is C9H11FN2. The Kier molecular flexibility index (Phi) is 1.73. The Bertz CT molecular complexity index is 299. The second-order valence-corrected chi connectivity index (χ2v) is 3.11. The van der Waals surface area contributed by atoms with E-state index in [0.717, 1.165) is 17.8 Å². The molecule has 3 heteroatoms. The summed E-state index contributed by atoms with van der Waals surface area (Å²) in [5.74, 6) is -0.157. The van der Waals surface area contributed by atoms with Crippen molar-refractivity contribution in [3.63, 3.8) is 0 Å². The molecule has 0 aromatic heterocycles. The van der Waals surface area contributed by atoms with Gasteiger partial charge in [0.1, 0.15) is 5.82 Å². The fourth-order valence-corrected chi connectivity index (χ4v) is 1.51. The lowest BCUT2D eigenvalue weighted by molar-refractivity contribution is 0.583. The van der Waals surface area contributed by atoms with E-state index >= 15 is 0 Å². The molecule has 2 nitrogen and oxygen atoms in total. The van der Waals surface area contributed by atoms with E-state index in [2.05, 4.69) is 5.32 Å². The van der Waals surface area contributed by atoms with Crippen molar-refractivity contribution in [2.45, 2.75) is 12.5 Å². The van der Waals surface area contributed by atoms with E-state index in [1.807, 2.05) is 6.07 Å². The second kappa shape index (κ2) is 2.75. The first-order valence-electron chi connectivity index (χ1n) is 4.04. The summed E-state index contributed by atoms with van der Waals surface area (Å²) in [6.07, 6.45) is 0.634. The average molecular weight is 166 g/mol. The van der Waals surface area contributed by atoms with Gasteiger partial charge in [0.15, 0.2) is 0 Å². The molecule has 0 unspecified atom stereocenters. The van der Waals surface area contributed by atoms with Crippen LogP contribution < -0.4 is 11.1 Å². The number of nitrogens with two attached hydrogens (primary N) is 1. The smallest absolute Gasteiger partial charge is 0.128 e. The quantitative estimate of drug-likeness (QED) is 0.606. The number of hydrogen-bond acceptors (Lipinski definition) is 2. The van der Waals surface area contributed by atoms with Gasteiger partial charge in [-0.05, 0) is 18.6 Å². The summed E-state index contributed by atoms with van der Waals surface area (Å²) in [4.78, 5) is 0. The summed E-state index contributed by atoms with van der Waals surface area (Å²) in [6, 6.07) is 5.09. The zero-order valence-electron chi connectivity index (χ0n) is 6.68. The van der Waals surface area contributed by atoms with E-state index in [1.165, 1.54) is 6.07 Å². The number of anilines is 1. The van der Waals surface area contributed by atoms with E-state index in [0.29, 0.717) is 6.42 Å². The van der Waals surface area contributed by atoms with Crippen molar-refractivity contribution in [3.8, 4) is 0 Å². The predicted octanol–water partition coefficient (Wildman–Crippen LogP) is 1.12. The van der Waals surface area contributed by atoms with E-state index in [9.17, 15) is 4.39 Å². The Morgan fingerprint density at radius 3 is 3.17 bits per heavy atom. The Morgan fingerprint density at radius 2 is 2.33 bits per heavy atom. The highest BCUT2D eigenvalue weighted by Crippen LogP contribution is 2.23. The SMILES string of the molecule is N[C@@H]1CNc2cccc(F)c2C1. The Hall–Kier alpha value is -1.09. The summed E-state index contributed by atoms with van der Waals surface area (Å²) in [5.41, 5.74) is 7.29. The monoisotopic (exact) mass is 166 g/mol. The number of halogens is 1. The van der Waals surface area contributed by atoms with E-state index in [1.54, 1.807) is 6.07 Å². The van der Waals surface area contributed by atoms with Crippen LogP contribution in [0.2, 0.25) is 0 Å². The molecule has 0 saturated carbocycles. The van der Waals surface area contributed by atoms with Crippen LogP contribution in [0.3, 0.4) is 0 Å². The minimum absolute atomic E-state index is 0.0365. The number of hydrogen-bond donors (Lipinski definition) is 2. The fourth-order valence-electron chi connectivity index (χ4n) is 1.51. The highest BCUT2D eigenvalue weighted by Gasteiger charge is 2.17. The molecule has 1 heterocycles. The van der Waals surface area contributed by atoms with Crippen molar-refractivity contribution in [2.75, 3.05) is 11.9 Å². The van der Waals surface area contributed by atoms with Crippen LogP contribution in [0.1, 0.15) is 5.56 Å². The molecule has 0 aliphatic carbocycles. The molecule has 2 rings (SSSR count). The molecule has 3 N–H and O–H groups in total. The third kappa shape index (κ3) is 1.16. The molecule has 0 amide bonds. The van der Waals surface area contributed by atoms with Gasteiger partial charge in [0, 0.05) is 23.8 Å². The molecule has 0 spiro atoms. The van der Waals surface area contributed by atoms with Crippen molar-refractivity contribution < 1.29 is 4.39 Å². The lowest BCUT2D eigenvalue weighted by Crippen LogP contribution is -2.35. The average Bonchev–Trinajstić information content (AvgIpc) is 2.07. The largest absolute Gasteiger partial charge is 0.383 e. The first kappa shape index (κ1) is 7.55. The van der Waals surface area contributed by atoms with E-state index < -0.39 is 0 Å². The maximum absolute atomic E-state index is 13.1. The molecule has 0 fully saturated rings. The van der Waals surface area contributed by atoms with Gasteiger partial charge in [-0.1, -0.05) is 6.07 Å². The Labute approximate surface area is 70.6 Å². The van der Waals surface area contributed by atoms with Gasteiger partial charge in [0.05, 0.1) is 0 Å². The lowest BCUT2D eigenvalue weighted by atomic mass is 10.00. The molecule has 0 radical (unpaired) electrons. The molecule has 1 aromatic carbocycles. The van der Waals surface area contributed by atoms with Crippen LogP contribution in [-0.2, 0) is 6.42 Å². The zero-order valence-corrected chi connectivity index (χ0v) is 6.68. The maximum atomic E-state index is 13.1. The van der Waals surface area contributed by atoms with Crippen molar-refractivity contribution in [1.82, 2.24) is 0 Å². The molecular weight excluding hydrogens is 155 g/mol. The van der Waals surface area contributed by atoms with Crippen molar-refractivity contribution in [1.29, 1.82) is 0 Å². The molecule has 0 saturated heterocycles. The summed E-state index contributed by atoms with van der Waals surface area (Å²) in [7, 11) is 0. The van der Waals surface area contributed by atoms with Crippen LogP contribution >= 0.6 is 0 Å². The Morgan fingerprint density at radius 1 is 1.50 bits per heavy atom. The van der Waals surface area contributed by atoms with Gasteiger partial charge < -0.3 is 11.1 Å². The Balaban J connectivity index is 2.43. The second-order valence-electron chi connectivity index (χ2n) is 3.11. The van der Waals surface area contributed by atoms with Gasteiger partial charge in [-0.2, -0.15) is 0 Å². The first-order valence-corrected chi connectivity index (χ1v) is 4.04. The van der Waals surface area contributed by atoms with Gasteiger partial charge in [-0.3, -0.25) is 0 Å². The fraction of sp³-hybridized carbons (Fsp3) is 0.333. The number of nitrogens with one attached hydrogen (secondary N) is 1. The highest BCUT2D eigenvalue weighted by atomic mass is 19.1. The van der Waals surface area contributed by atoms with Crippen LogP contribution in [0.4, 0.5) is 10.1 Å². The van der Waals surface area contributed by atoms with E-state index in [4.69, 9.17) is 5.73 Å². The highest BCUT2D eigenvalue weighted by molar-refractivity contribution is 5.54. The molecule has 1 atom stereocenters. The molecule has 1 aromatic rings. The molecule has 1 aliphatic rings. The number of benzene rings is 1.